The fourth-order valence-corrected chi connectivity index (χ4v) is 0.969. The second-order valence-corrected chi connectivity index (χ2v) is 2.77. The Balaban J connectivity index is 2.97. The van der Waals surface area contributed by atoms with Crippen LogP contribution in [-0.2, 0) is 0 Å². The van der Waals surface area contributed by atoms with Gasteiger partial charge < -0.3 is 0 Å². The number of halogens is 3. The van der Waals surface area contributed by atoms with Gasteiger partial charge in [0.2, 0.25) is 0 Å². The summed E-state index contributed by atoms with van der Waals surface area (Å²) < 4.78 is 36.1. The first-order chi connectivity index (χ1) is 7.45. The number of rotatable bonds is 1. The highest BCUT2D eigenvalue weighted by molar-refractivity contribution is 6.00. The zero-order valence-corrected chi connectivity index (χ0v) is 7.80. The molecule has 0 aliphatic carbocycles. The van der Waals surface area contributed by atoms with Crippen LogP contribution in [0.1, 0.15) is 15.9 Å². The number of ketones is 1. The van der Waals surface area contributed by atoms with E-state index >= 15 is 0 Å². The Hall–Kier alpha value is -2.27. The van der Waals surface area contributed by atoms with E-state index in [1.165, 1.54) is 12.1 Å². The molecule has 0 bridgehead atoms. The number of alkyl halides is 3. The third-order valence-electron chi connectivity index (χ3n) is 1.67. The van der Waals surface area contributed by atoms with E-state index in [1.54, 1.807) is 6.07 Å². The van der Waals surface area contributed by atoms with Gasteiger partial charge in [0.05, 0.1) is 0 Å². The lowest BCUT2D eigenvalue weighted by Crippen LogP contribution is -2.22. The van der Waals surface area contributed by atoms with E-state index < -0.39 is 17.5 Å². The van der Waals surface area contributed by atoms with Crippen molar-refractivity contribution in [2.75, 3.05) is 0 Å². The molecule has 1 aromatic rings. The van der Waals surface area contributed by atoms with E-state index in [9.17, 15) is 18.0 Å². The zero-order valence-electron chi connectivity index (χ0n) is 7.80. The average molecular weight is 223 g/mol. The minimum absolute atomic E-state index is 0.375. The maximum absolute atomic E-state index is 12.0. The highest BCUT2D eigenvalue weighted by atomic mass is 19.4. The number of carbonyl (C=O) groups is 1. The molecule has 0 aliphatic rings. The zero-order chi connectivity index (χ0) is 12.2. The molecule has 0 aromatic heterocycles. The van der Waals surface area contributed by atoms with Crippen molar-refractivity contribution in [1.29, 1.82) is 5.26 Å². The number of benzene rings is 1. The number of hydrogen-bond acceptors (Lipinski definition) is 2. The summed E-state index contributed by atoms with van der Waals surface area (Å²) in [5, 5.41) is 8.15. The highest BCUT2D eigenvalue weighted by Crippen LogP contribution is 2.21. The minimum Gasteiger partial charge on any atom is -0.284 e. The maximum Gasteiger partial charge on any atom is 0.454 e. The van der Waals surface area contributed by atoms with Crippen molar-refractivity contribution < 1.29 is 18.0 Å². The highest BCUT2D eigenvalue weighted by Gasteiger charge is 2.38. The molecule has 0 aliphatic heterocycles. The third kappa shape index (κ3) is 2.86. The average Bonchev–Trinajstić information content (AvgIpc) is 2.25. The van der Waals surface area contributed by atoms with Crippen LogP contribution in [-0.4, -0.2) is 12.0 Å². The van der Waals surface area contributed by atoms with Crippen molar-refractivity contribution >= 4 is 5.78 Å². The first-order valence-corrected chi connectivity index (χ1v) is 4.07. The molecule has 5 heteroatoms. The van der Waals surface area contributed by atoms with E-state index in [0.29, 0.717) is 5.56 Å². The normalized spacial score (nSPS) is 9.88. The monoisotopic (exact) mass is 223 g/mol. The number of hydrogen-bond donors (Lipinski definition) is 0. The van der Waals surface area contributed by atoms with Crippen LogP contribution in [0.5, 0.6) is 0 Å². The van der Waals surface area contributed by atoms with Gasteiger partial charge in [0.1, 0.15) is 0 Å². The number of carbonyl (C=O) groups excluding carboxylic acids is 1. The smallest absolute Gasteiger partial charge is 0.284 e. The molecule has 1 aromatic carbocycles. The number of Topliss-reactive ketones (excluding diaryl/α,β-unsaturated/α-hetero) is 1. The van der Waals surface area contributed by atoms with Crippen LogP contribution in [0.4, 0.5) is 13.2 Å². The molecule has 1 rings (SSSR count). The van der Waals surface area contributed by atoms with Crippen LogP contribution in [0.3, 0.4) is 0 Å². The molecule has 0 unspecified atom stereocenters. The van der Waals surface area contributed by atoms with Crippen molar-refractivity contribution in [2.24, 2.45) is 0 Å². The Labute approximate surface area is 89.3 Å². The summed E-state index contributed by atoms with van der Waals surface area (Å²) in [7, 11) is 0. The molecule has 0 saturated heterocycles. The quantitative estimate of drug-likeness (QED) is 0.541. The van der Waals surface area contributed by atoms with Crippen LogP contribution in [0, 0.1) is 23.2 Å². The lowest BCUT2D eigenvalue weighted by atomic mass is 10.1. The van der Waals surface area contributed by atoms with Gasteiger partial charge in [-0.2, -0.15) is 18.4 Å². The molecule has 0 heterocycles. The van der Waals surface area contributed by atoms with Crippen molar-refractivity contribution in [3.05, 3.63) is 35.4 Å². The summed E-state index contributed by atoms with van der Waals surface area (Å²) in [6.07, 6.45) is -4.88. The second kappa shape index (κ2) is 4.50. The Bertz CT molecular complexity index is 497. The summed E-state index contributed by atoms with van der Waals surface area (Å²) >= 11 is 0. The molecule has 0 atom stereocenters. The Morgan fingerprint density at radius 3 is 2.19 bits per heavy atom. The van der Waals surface area contributed by atoms with E-state index in [4.69, 9.17) is 5.26 Å². The largest absolute Gasteiger partial charge is 0.454 e. The van der Waals surface area contributed by atoms with Gasteiger partial charge in [-0.3, -0.25) is 4.79 Å². The molecular formula is C11H4F3NO. The molecule has 0 spiro atoms. The topological polar surface area (TPSA) is 40.9 Å². The number of nitrogens with zero attached hydrogens (tertiary/aromatic N) is 1. The third-order valence-corrected chi connectivity index (χ3v) is 1.67. The molecule has 0 radical (unpaired) electrons. The Morgan fingerprint density at radius 2 is 1.75 bits per heavy atom. The van der Waals surface area contributed by atoms with E-state index in [1.807, 2.05) is 0 Å². The number of nitriles is 1. The van der Waals surface area contributed by atoms with Gasteiger partial charge in [0.15, 0.2) is 6.07 Å². The van der Waals surface area contributed by atoms with Crippen LogP contribution in [0.15, 0.2) is 24.3 Å². The predicted octanol–water partition coefficient (Wildman–Crippen LogP) is 2.31. The van der Waals surface area contributed by atoms with Gasteiger partial charge in [0, 0.05) is 17.0 Å². The van der Waals surface area contributed by atoms with Gasteiger partial charge in [-0.15, -0.1) is 0 Å². The molecule has 0 fully saturated rings. The summed E-state index contributed by atoms with van der Waals surface area (Å²) in [6.45, 7) is 0. The van der Waals surface area contributed by atoms with Gasteiger partial charge in [-0.05, 0) is 24.3 Å². The SMILES string of the molecule is N#CC#Cc1ccc(C(=O)C(F)(F)F)cc1. The molecule has 16 heavy (non-hydrogen) atoms. The molecular weight excluding hydrogens is 219 g/mol. The van der Waals surface area contributed by atoms with Crippen molar-refractivity contribution in [3.63, 3.8) is 0 Å². The summed E-state index contributed by atoms with van der Waals surface area (Å²) in [4.78, 5) is 10.8. The van der Waals surface area contributed by atoms with Crippen LogP contribution < -0.4 is 0 Å². The van der Waals surface area contributed by atoms with E-state index in [0.717, 1.165) is 12.1 Å². The molecule has 80 valence electrons. The fraction of sp³-hybridized carbons (Fsp3) is 0.0909. The maximum atomic E-state index is 12.0. The summed E-state index contributed by atoms with van der Waals surface area (Å²) in [6, 6.07) is 6.13. The van der Waals surface area contributed by atoms with Crippen molar-refractivity contribution in [2.45, 2.75) is 6.18 Å². The first kappa shape index (κ1) is 11.8. The van der Waals surface area contributed by atoms with E-state index in [2.05, 4.69) is 11.8 Å². The lowest BCUT2D eigenvalue weighted by Gasteiger charge is -2.04. The fourth-order valence-electron chi connectivity index (χ4n) is 0.969. The second-order valence-electron chi connectivity index (χ2n) is 2.77. The van der Waals surface area contributed by atoms with Gasteiger partial charge in [0.25, 0.3) is 5.78 Å². The molecule has 0 N–H and O–H groups in total. The minimum atomic E-state index is -4.88. The van der Waals surface area contributed by atoms with E-state index in [-0.39, 0.29) is 0 Å². The van der Waals surface area contributed by atoms with Crippen molar-refractivity contribution in [3.8, 4) is 17.9 Å². The van der Waals surface area contributed by atoms with Crippen LogP contribution in [0.2, 0.25) is 0 Å². The van der Waals surface area contributed by atoms with Gasteiger partial charge >= 0.3 is 6.18 Å². The first-order valence-electron chi connectivity index (χ1n) is 4.07. The Morgan fingerprint density at radius 1 is 1.19 bits per heavy atom. The molecule has 0 amide bonds. The van der Waals surface area contributed by atoms with Gasteiger partial charge in [-0.1, -0.05) is 5.92 Å². The predicted molar refractivity (Wildman–Crippen MR) is 49.3 cm³/mol. The standard InChI is InChI=1S/C11H4F3NO/c12-11(13,14)10(16)9-5-3-8(4-6-9)2-1-7-15/h3-6H. The summed E-state index contributed by atoms with van der Waals surface area (Å²) in [5.41, 5.74) is -0.0738. The summed E-state index contributed by atoms with van der Waals surface area (Å²) in [5.74, 6) is 2.59. The molecule has 2 nitrogen and oxygen atoms in total. The lowest BCUT2D eigenvalue weighted by molar-refractivity contribution is -0.0885. The molecule has 0 saturated carbocycles. The van der Waals surface area contributed by atoms with Crippen LogP contribution >= 0.6 is 0 Å². The van der Waals surface area contributed by atoms with Gasteiger partial charge in [-0.25, -0.2) is 0 Å². The Kier molecular flexibility index (Phi) is 3.32. The van der Waals surface area contributed by atoms with Crippen molar-refractivity contribution in [1.82, 2.24) is 0 Å². The van der Waals surface area contributed by atoms with Crippen LogP contribution in [0.25, 0.3) is 0 Å².